The molecule has 1 aliphatic carbocycles. The first-order valence-corrected chi connectivity index (χ1v) is 7.67. The van der Waals surface area contributed by atoms with Crippen molar-refractivity contribution in [2.75, 3.05) is 0 Å². The van der Waals surface area contributed by atoms with Crippen molar-refractivity contribution in [3.63, 3.8) is 0 Å². The molecule has 1 atom stereocenters. The molecule has 1 saturated carbocycles. The van der Waals surface area contributed by atoms with Gasteiger partial charge in [0.2, 0.25) is 0 Å². The van der Waals surface area contributed by atoms with E-state index in [1.54, 1.807) is 0 Å². The molecule has 3 rings (SSSR count). The summed E-state index contributed by atoms with van der Waals surface area (Å²) >= 11 is 8.68. The SMILES string of the molecule is CC1(C)CCC(n2c(=S)[nH]c3cc(F)c(Br)cc32)C1. The zero-order chi connectivity index (χ0) is 13.8. The highest BCUT2D eigenvalue weighted by Gasteiger charge is 2.33. The highest BCUT2D eigenvalue weighted by atomic mass is 79.9. The van der Waals surface area contributed by atoms with Gasteiger partial charge in [-0.05, 0) is 58.9 Å². The van der Waals surface area contributed by atoms with E-state index in [0.717, 1.165) is 23.9 Å². The van der Waals surface area contributed by atoms with Crippen molar-refractivity contribution in [1.29, 1.82) is 0 Å². The van der Waals surface area contributed by atoms with E-state index in [2.05, 4.69) is 39.3 Å². The molecule has 0 radical (unpaired) electrons. The van der Waals surface area contributed by atoms with Gasteiger partial charge in [-0.3, -0.25) is 0 Å². The molecule has 2 nitrogen and oxygen atoms in total. The zero-order valence-electron chi connectivity index (χ0n) is 11.0. The van der Waals surface area contributed by atoms with Gasteiger partial charge < -0.3 is 9.55 Å². The fourth-order valence-corrected chi connectivity index (χ4v) is 3.79. The summed E-state index contributed by atoms with van der Waals surface area (Å²) < 4.78 is 16.9. The number of hydrogen-bond donors (Lipinski definition) is 1. The van der Waals surface area contributed by atoms with Gasteiger partial charge in [-0.1, -0.05) is 13.8 Å². The largest absolute Gasteiger partial charge is 0.330 e. The molecule has 0 saturated heterocycles. The van der Waals surface area contributed by atoms with Gasteiger partial charge in [0.25, 0.3) is 0 Å². The Balaban J connectivity index is 2.16. The first kappa shape index (κ1) is 13.3. The Kier molecular flexibility index (Phi) is 3.09. The second-order valence-corrected chi connectivity index (χ2v) is 7.39. The van der Waals surface area contributed by atoms with Gasteiger partial charge in [0, 0.05) is 12.1 Å². The van der Waals surface area contributed by atoms with Crippen LogP contribution in [-0.2, 0) is 0 Å². The van der Waals surface area contributed by atoms with E-state index in [1.165, 1.54) is 12.5 Å². The lowest BCUT2D eigenvalue weighted by molar-refractivity contribution is 0.360. The monoisotopic (exact) mass is 342 g/mol. The normalized spacial score (nSPS) is 22.2. The molecule has 1 fully saturated rings. The Hall–Kier alpha value is -0.680. The molecule has 1 N–H and O–H groups in total. The van der Waals surface area contributed by atoms with Crippen molar-refractivity contribution >= 4 is 39.2 Å². The molecule has 2 aromatic rings. The smallest absolute Gasteiger partial charge is 0.178 e. The summed E-state index contributed by atoms with van der Waals surface area (Å²) in [5.74, 6) is -0.261. The minimum absolute atomic E-state index is 0.261. The van der Waals surface area contributed by atoms with Crippen molar-refractivity contribution in [2.24, 2.45) is 5.41 Å². The molecular weight excluding hydrogens is 327 g/mol. The number of imidazole rings is 1. The van der Waals surface area contributed by atoms with Crippen LogP contribution >= 0.6 is 28.1 Å². The number of rotatable bonds is 1. The number of aromatic nitrogens is 2. The predicted molar refractivity (Wildman–Crippen MR) is 81.4 cm³/mol. The van der Waals surface area contributed by atoms with Crippen LogP contribution in [0.4, 0.5) is 4.39 Å². The van der Waals surface area contributed by atoms with E-state index in [0.29, 0.717) is 20.7 Å². The molecule has 0 amide bonds. The quantitative estimate of drug-likeness (QED) is 0.692. The van der Waals surface area contributed by atoms with Gasteiger partial charge in [0.1, 0.15) is 5.82 Å². The van der Waals surface area contributed by atoms with Crippen molar-refractivity contribution in [1.82, 2.24) is 9.55 Å². The van der Waals surface area contributed by atoms with Crippen molar-refractivity contribution in [3.05, 3.63) is 27.2 Å². The molecule has 19 heavy (non-hydrogen) atoms. The summed E-state index contributed by atoms with van der Waals surface area (Å²) in [5, 5.41) is 0. The van der Waals surface area contributed by atoms with Gasteiger partial charge in [-0.25, -0.2) is 4.39 Å². The second-order valence-electron chi connectivity index (χ2n) is 6.14. The number of fused-ring (bicyclic) bond motifs is 1. The minimum atomic E-state index is -0.261. The van der Waals surface area contributed by atoms with Crippen LogP contribution < -0.4 is 0 Å². The average molecular weight is 343 g/mol. The number of H-pyrrole nitrogens is 1. The molecule has 0 spiro atoms. The summed E-state index contributed by atoms with van der Waals surface area (Å²) in [6, 6.07) is 3.74. The lowest BCUT2D eigenvalue weighted by Crippen LogP contribution is -2.09. The average Bonchev–Trinajstić information content (AvgIpc) is 2.79. The number of halogens is 2. The van der Waals surface area contributed by atoms with E-state index in [4.69, 9.17) is 12.2 Å². The van der Waals surface area contributed by atoms with Gasteiger partial charge in [0.15, 0.2) is 4.77 Å². The van der Waals surface area contributed by atoms with Crippen LogP contribution in [0, 0.1) is 16.0 Å². The van der Waals surface area contributed by atoms with Gasteiger partial charge >= 0.3 is 0 Å². The Morgan fingerprint density at radius 1 is 1.47 bits per heavy atom. The number of hydrogen-bond acceptors (Lipinski definition) is 1. The molecule has 0 bridgehead atoms. The van der Waals surface area contributed by atoms with Crippen LogP contribution in [0.1, 0.15) is 39.2 Å². The highest BCUT2D eigenvalue weighted by Crippen LogP contribution is 2.44. The molecule has 5 heteroatoms. The first-order valence-electron chi connectivity index (χ1n) is 6.47. The van der Waals surface area contributed by atoms with Crippen LogP contribution in [0.3, 0.4) is 0 Å². The molecule has 1 heterocycles. The van der Waals surface area contributed by atoms with E-state index in [9.17, 15) is 4.39 Å². The number of benzene rings is 1. The van der Waals surface area contributed by atoms with Crippen LogP contribution in [0.25, 0.3) is 11.0 Å². The topological polar surface area (TPSA) is 20.7 Å². The van der Waals surface area contributed by atoms with Gasteiger partial charge in [-0.15, -0.1) is 0 Å². The summed E-state index contributed by atoms with van der Waals surface area (Å²) in [7, 11) is 0. The van der Waals surface area contributed by atoms with Crippen LogP contribution in [-0.4, -0.2) is 9.55 Å². The van der Waals surface area contributed by atoms with Crippen molar-refractivity contribution in [2.45, 2.75) is 39.2 Å². The van der Waals surface area contributed by atoms with E-state index in [-0.39, 0.29) is 5.82 Å². The molecule has 1 aliphatic rings. The number of aromatic amines is 1. The zero-order valence-corrected chi connectivity index (χ0v) is 13.4. The van der Waals surface area contributed by atoms with Crippen molar-refractivity contribution in [3.8, 4) is 0 Å². The Morgan fingerprint density at radius 2 is 2.21 bits per heavy atom. The van der Waals surface area contributed by atoms with Crippen LogP contribution in [0.2, 0.25) is 0 Å². The maximum absolute atomic E-state index is 13.6. The first-order chi connectivity index (χ1) is 8.87. The molecule has 1 unspecified atom stereocenters. The van der Waals surface area contributed by atoms with Gasteiger partial charge in [-0.2, -0.15) is 0 Å². The highest BCUT2D eigenvalue weighted by molar-refractivity contribution is 9.10. The van der Waals surface area contributed by atoms with Crippen LogP contribution in [0.5, 0.6) is 0 Å². The maximum Gasteiger partial charge on any atom is 0.178 e. The van der Waals surface area contributed by atoms with Gasteiger partial charge in [0.05, 0.1) is 15.5 Å². The maximum atomic E-state index is 13.6. The van der Waals surface area contributed by atoms with E-state index in [1.807, 2.05) is 6.07 Å². The summed E-state index contributed by atoms with van der Waals surface area (Å²) in [4.78, 5) is 3.12. The van der Waals surface area contributed by atoms with E-state index >= 15 is 0 Å². The molecule has 1 aromatic heterocycles. The fourth-order valence-electron chi connectivity index (χ4n) is 3.10. The standard InChI is InChI=1S/C14H16BrFN2S/c1-14(2)4-3-8(7-14)18-12-5-9(15)10(16)6-11(12)17-13(18)19/h5-6,8H,3-4,7H2,1-2H3,(H,17,19). The third kappa shape index (κ3) is 2.27. The Bertz CT molecular complexity index is 701. The third-order valence-electron chi connectivity index (χ3n) is 4.07. The third-order valence-corrected chi connectivity index (χ3v) is 4.97. The Labute approximate surface area is 125 Å². The second kappa shape index (κ2) is 4.42. The summed E-state index contributed by atoms with van der Waals surface area (Å²) in [5.41, 5.74) is 2.12. The summed E-state index contributed by atoms with van der Waals surface area (Å²) in [6.07, 6.45) is 3.45. The lowest BCUT2D eigenvalue weighted by atomic mass is 9.92. The summed E-state index contributed by atoms with van der Waals surface area (Å²) in [6.45, 7) is 4.59. The Morgan fingerprint density at radius 3 is 2.84 bits per heavy atom. The lowest BCUT2D eigenvalue weighted by Gasteiger charge is -2.18. The molecule has 1 aromatic carbocycles. The van der Waals surface area contributed by atoms with E-state index < -0.39 is 0 Å². The molecular formula is C14H16BrFN2S. The van der Waals surface area contributed by atoms with Crippen molar-refractivity contribution < 1.29 is 4.39 Å². The number of nitrogens with one attached hydrogen (secondary N) is 1. The predicted octanol–water partition coefficient (Wildman–Crippen LogP) is 5.35. The fraction of sp³-hybridized carbons (Fsp3) is 0.500. The van der Waals surface area contributed by atoms with Crippen LogP contribution in [0.15, 0.2) is 16.6 Å². The molecule has 102 valence electrons. The minimum Gasteiger partial charge on any atom is -0.330 e. The number of nitrogens with zero attached hydrogens (tertiary/aromatic N) is 1. The molecule has 0 aliphatic heterocycles.